The number of hydrogen-bond donors (Lipinski definition) is 2. The summed E-state index contributed by atoms with van der Waals surface area (Å²) in [4.78, 5) is 0. The van der Waals surface area contributed by atoms with Crippen molar-refractivity contribution in [1.29, 1.82) is 0 Å². The van der Waals surface area contributed by atoms with Crippen molar-refractivity contribution in [3.63, 3.8) is 0 Å². The van der Waals surface area contributed by atoms with E-state index in [1.807, 2.05) is 0 Å². The van der Waals surface area contributed by atoms with Gasteiger partial charge in [0.2, 0.25) is 0 Å². The van der Waals surface area contributed by atoms with Crippen LogP contribution in [0.2, 0.25) is 0 Å². The Balaban J connectivity index is 1.61. The Kier molecular flexibility index (Phi) is 3.48. The zero-order valence-corrected chi connectivity index (χ0v) is 12.7. The molecule has 1 saturated heterocycles. The number of nitrogens with one attached hydrogen (secondary N) is 2. The van der Waals surface area contributed by atoms with Gasteiger partial charge in [-0.1, -0.05) is 18.2 Å². The van der Waals surface area contributed by atoms with Crippen molar-refractivity contribution in [2.75, 3.05) is 19.7 Å². The minimum atomic E-state index is 0.406. The molecule has 3 nitrogen and oxygen atoms in total. The van der Waals surface area contributed by atoms with Crippen LogP contribution in [0, 0.1) is 12.8 Å². The molecule has 3 heterocycles. The number of piperidine rings is 1. The maximum atomic E-state index is 6.27. The van der Waals surface area contributed by atoms with E-state index in [1.165, 1.54) is 40.8 Å². The third-order valence-electron chi connectivity index (χ3n) is 5.27. The number of ether oxygens (including phenoxy) is 1. The summed E-state index contributed by atoms with van der Waals surface area (Å²) in [6, 6.07) is 6.61. The van der Waals surface area contributed by atoms with Crippen LogP contribution in [0.15, 0.2) is 23.9 Å². The molecule has 3 aliphatic heterocycles. The number of fused-ring (bicyclic) bond motifs is 2. The van der Waals surface area contributed by atoms with Crippen molar-refractivity contribution < 1.29 is 4.74 Å². The zero-order valence-electron chi connectivity index (χ0n) is 12.7. The Bertz CT molecular complexity index is 573. The molecule has 1 unspecified atom stereocenters. The third kappa shape index (κ3) is 2.39. The molecule has 3 heteroatoms. The summed E-state index contributed by atoms with van der Waals surface area (Å²) in [5, 5.41) is 7.10. The summed E-state index contributed by atoms with van der Waals surface area (Å²) in [6.45, 7) is 6.24. The summed E-state index contributed by atoms with van der Waals surface area (Å²) in [6.07, 6.45) is 3.98. The zero-order chi connectivity index (χ0) is 14.2. The van der Waals surface area contributed by atoms with Gasteiger partial charge in [-0.15, -0.1) is 0 Å². The first-order valence-corrected chi connectivity index (χ1v) is 8.20. The van der Waals surface area contributed by atoms with Crippen molar-refractivity contribution in [1.82, 2.24) is 10.6 Å². The number of aryl methyl sites for hydroxylation is 1. The molecule has 0 bridgehead atoms. The molecule has 1 fully saturated rings. The van der Waals surface area contributed by atoms with Gasteiger partial charge in [-0.2, -0.15) is 0 Å². The van der Waals surface area contributed by atoms with E-state index < -0.39 is 0 Å². The quantitative estimate of drug-likeness (QED) is 0.831. The molecule has 1 aromatic carbocycles. The van der Waals surface area contributed by atoms with Crippen LogP contribution < -0.4 is 10.6 Å². The van der Waals surface area contributed by atoms with E-state index >= 15 is 0 Å². The topological polar surface area (TPSA) is 33.3 Å². The third-order valence-corrected chi connectivity index (χ3v) is 5.27. The lowest BCUT2D eigenvalue weighted by Crippen LogP contribution is -2.40. The first-order valence-electron chi connectivity index (χ1n) is 8.20. The highest BCUT2D eigenvalue weighted by Crippen LogP contribution is 2.37. The molecule has 0 amide bonds. The van der Waals surface area contributed by atoms with Crippen LogP contribution in [0.1, 0.15) is 36.0 Å². The van der Waals surface area contributed by atoms with Gasteiger partial charge >= 0.3 is 0 Å². The smallest absolute Gasteiger partial charge is 0.0743 e. The number of hydrogen-bond acceptors (Lipinski definition) is 3. The van der Waals surface area contributed by atoms with Gasteiger partial charge in [-0.25, -0.2) is 0 Å². The van der Waals surface area contributed by atoms with E-state index in [9.17, 15) is 0 Å². The van der Waals surface area contributed by atoms with Gasteiger partial charge in [0.25, 0.3) is 0 Å². The Morgan fingerprint density at radius 1 is 1.19 bits per heavy atom. The lowest BCUT2D eigenvalue weighted by atomic mass is 9.84. The van der Waals surface area contributed by atoms with Crippen molar-refractivity contribution in [2.45, 2.75) is 38.8 Å². The van der Waals surface area contributed by atoms with Crippen molar-refractivity contribution in [3.05, 3.63) is 40.6 Å². The molecule has 112 valence electrons. The Labute approximate surface area is 126 Å². The molecule has 3 aliphatic rings. The summed E-state index contributed by atoms with van der Waals surface area (Å²) in [5.41, 5.74) is 7.07. The van der Waals surface area contributed by atoms with Crippen LogP contribution in [-0.4, -0.2) is 25.8 Å². The molecule has 1 aromatic rings. The summed E-state index contributed by atoms with van der Waals surface area (Å²) >= 11 is 0. The fourth-order valence-electron chi connectivity index (χ4n) is 4.09. The lowest BCUT2D eigenvalue weighted by molar-refractivity contribution is 0.0124. The molecule has 4 rings (SSSR count). The van der Waals surface area contributed by atoms with Gasteiger partial charge in [0, 0.05) is 24.2 Å². The van der Waals surface area contributed by atoms with Gasteiger partial charge in [0.1, 0.15) is 0 Å². The van der Waals surface area contributed by atoms with Crippen LogP contribution in [-0.2, 0) is 11.3 Å². The number of benzene rings is 1. The maximum absolute atomic E-state index is 6.27. The minimum absolute atomic E-state index is 0.406. The highest BCUT2D eigenvalue weighted by atomic mass is 16.5. The lowest BCUT2D eigenvalue weighted by Gasteiger charge is -2.38. The van der Waals surface area contributed by atoms with E-state index in [0.29, 0.717) is 6.10 Å². The Hall–Kier alpha value is -1.32. The van der Waals surface area contributed by atoms with Gasteiger partial charge in [0.05, 0.1) is 12.7 Å². The van der Waals surface area contributed by atoms with Gasteiger partial charge in [-0.05, 0) is 55.5 Å². The van der Waals surface area contributed by atoms with Gasteiger partial charge in [0.15, 0.2) is 0 Å². The fourth-order valence-corrected chi connectivity index (χ4v) is 4.09. The minimum Gasteiger partial charge on any atom is -0.384 e. The van der Waals surface area contributed by atoms with Crippen LogP contribution in [0.3, 0.4) is 0 Å². The summed E-state index contributed by atoms with van der Waals surface area (Å²) < 4.78 is 6.27. The first-order chi connectivity index (χ1) is 10.3. The largest absolute Gasteiger partial charge is 0.384 e. The van der Waals surface area contributed by atoms with Gasteiger partial charge in [-0.3, -0.25) is 0 Å². The Morgan fingerprint density at radius 2 is 2.05 bits per heavy atom. The van der Waals surface area contributed by atoms with E-state index in [2.05, 4.69) is 35.8 Å². The highest BCUT2D eigenvalue weighted by Gasteiger charge is 2.32. The number of rotatable bonds is 1. The predicted molar refractivity (Wildman–Crippen MR) is 84.9 cm³/mol. The highest BCUT2D eigenvalue weighted by molar-refractivity contribution is 5.76. The standard InChI is InChI=1S/C18H24N2O/c1-12-3-2-4-14-10-20-16-9-17(13-5-7-19-8-6-13)21-11-15(16)18(12)14/h2-4,13,17,19-20H,5-11H2,1H3. The van der Waals surface area contributed by atoms with Crippen LogP contribution in [0.5, 0.6) is 0 Å². The second-order valence-corrected chi connectivity index (χ2v) is 6.56. The SMILES string of the molecule is Cc1cccc2c1C1=C(CC(C3CCNCC3)OC1)NC2. The average molecular weight is 284 g/mol. The fraction of sp³-hybridized carbons (Fsp3) is 0.556. The van der Waals surface area contributed by atoms with Gasteiger partial charge < -0.3 is 15.4 Å². The van der Waals surface area contributed by atoms with Crippen LogP contribution in [0.4, 0.5) is 0 Å². The molecule has 0 aliphatic carbocycles. The maximum Gasteiger partial charge on any atom is 0.0743 e. The molecular formula is C18H24N2O. The van der Waals surface area contributed by atoms with Crippen molar-refractivity contribution in [2.24, 2.45) is 5.92 Å². The van der Waals surface area contributed by atoms with Crippen LogP contribution >= 0.6 is 0 Å². The van der Waals surface area contributed by atoms with E-state index in [4.69, 9.17) is 4.74 Å². The Morgan fingerprint density at radius 3 is 2.90 bits per heavy atom. The molecule has 1 atom stereocenters. The van der Waals surface area contributed by atoms with Crippen molar-refractivity contribution in [3.8, 4) is 0 Å². The molecule has 2 N–H and O–H groups in total. The predicted octanol–water partition coefficient (Wildman–Crippen LogP) is 2.60. The molecule has 0 aromatic heterocycles. The second kappa shape index (κ2) is 5.47. The molecule has 0 saturated carbocycles. The van der Waals surface area contributed by atoms with E-state index in [0.717, 1.165) is 38.6 Å². The summed E-state index contributed by atoms with van der Waals surface area (Å²) in [5.74, 6) is 0.723. The summed E-state index contributed by atoms with van der Waals surface area (Å²) in [7, 11) is 0. The van der Waals surface area contributed by atoms with Crippen molar-refractivity contribution >= 4 is 5.57 Å². The first kappa shape index (κ1) is 13.4. The average Bonchev–Trinajstić information content (AvgIpc) is 2.55. The molecule has 0 spiro atoms. The van der Waals surface area contributed by atoms with E-state index in [1.54, 1.807) is 0 Å². The van der Waals surface area contributed by atoms with Crippen LogP contribution in [0.25, 0.3) is 5.57 Å². The molecular weight excluding hydrogens is 260 g/mol. The monoisotopic (exact) mass is 284 g/mol. The second-order valence-electron chi connectivity index (χ2n) is 6.56. The molecule has 21 heavy (non-hydrogen) atoms. The van der Waals surface area contributed by atoms with E-state index in [-0.39, 0.29) is 0 Å². The molecule has 0 radical (unpaired) electrons. The normalized spacial score (nSPS) is 26.0.